The molecule has 122 valence electrons. The van der Waals surface area contributed by atoms with Crippen molar-refractivity contribution in [1.82, 2.24) is 10.6 Å². The highest BCUT2D eigenvalue weighted by atomic mass is 35.5. The topological polar surface area (TPSA) is 56.7 Å². The SMILES string of the molecule is CCNC(=NCc1cccc(O)c1)NC(C)c1ccccc1Cl. The third-order valence-electron chi connectivity index (χ3n) is 3.40. The molecule has 5 heteroatoms. The van der Waals surface area contributed by atoms with Crippen LogP contribution < -0.4 is 10.6 Å². The summed E-state index contributed by atoms with van der Waals surface area (Å²) < 4.78 is 0. The number of phenols is 1. The molecule has 0 saturated carbocycles. The van der Waals surface area contributed by atoms with Crippen LogP contribution in [0.15, 0.2) is 53.5 Å². The summed E-state index contributed by atoms with van der Waals surface area (Å²) in [5.74, 6) is 0.961. The Labute approximate surface area is 142 Å². The lowest BCUT2D eigenvalue weighted by atomic mass is 10.1. The molecule has 0 bridgehead atoms. The summed E-state index contributed by atoms with van der Waals surface area (Å²) >= 11 is 6.24. The summed E-state index contributed by atoms with van der Waals surface area (Å²) in [6.07, 6.45) is 0. The first-order valence-electron chi connectivity index (χ1n) is 7.67. The van der Waals surface area contributed by atoms with Crippen molar-refractivity contribution in [2.75, 3.05) is 6.54 Å². The number of hydrogen-bond acceptors (Lipinski definition) is 2. The Balaban J connectivity index is 2.08. The van der Waals surface area contributed by atoms with Crippen LogP contribution in [0.3, 0.4) is 0 Å². The normalized spacial score (nSPS) is 12.7. The monoisotopic (exact) mass is 331 g/mol. The zero-order chi connectivity index (χ0) is 16.7. The predicted octanol–water partition coefficient (Wildman–Crippen LogP) is 3.86. The summed E-state index contributed by atoms with van der Waals surface area (Å²) in [5, 5.41) is 16.8. The van der Waals surface area contributed by atoms with Crippen LogP contribution >= 0.6 is 11.6 Å². The van der Waals surface area contributed by atoms with Crippen LogP contribution in [0.5, 0.6) is 5.75 Å². The fourth-order valence-electron chi connectivity index (χ4n) is 2.25. The molecule has 0 fully saturated rings. The van der Waals surface area contributed by atoms with E-state index in [0.29, 0.717) is 12.5 Å². The first kappa shape index (κ1) is 17.2. The van der Waals surface area contributed by atoms with Crippen molar-refractivity contribution < 1.29 is 5.11 Å². The van der Waals surface area contributed by atoms with Gasteiger partial charge in [-0.25, -0.2) is 4.99 Å². The van der Waals surface area contributed by atoms with Gasteiger partial charge in [0.2, 0.25) is 0 Å². The summed E-state index contributed by atoms with van der Waals surface area (Å²) in [5.41, 5.74) is 1.98. The van der Waals surface area contributed by atoms with Crippen molar-refractivity contribution >= 4 is 17.6 Å². The van der Waals surface area contributed by atoms with E-state index >= 15 is 0 Å². The molecule has 2 aromatic rings. The Morgan fingerprint density at radius 2 is 2.00 bits per heavy atom. The first-order valence-corrected chi connectivity index (χ1v) is 8.05. The van der Waals surface area contributed by atoms with Gasteiger partial charge in [0.15, 0.2) is 5.96 Å². The second-order valence-electron chi connectivity index (χ2n) is 5.25. The summed E-state index contributed by atoms with van der Waals surface area (Å²) in [7, 11) is 0. The number of nitrogens with zero attached hydrogens (tertiary/aromatic N) is 1. The lowest BCUT2D eigenvalue weighted by Crippen LogP contribution is -2.38. The molecule has 0 aliphatic rings. The van der Waals surface area contributed by atoms with Crippen LogP contribution in [-0.2, 0) is 6.54 Å². The van der Waals surface area contributed by atoms with Crippen molar-refractivity contribution in [1.29, 1.82) is 0 Å². The van der Waals surface area contributed by atoms with Crippen LogP contribution in [-0.4, -0.2) is 17.6 Å². The summed E-state index contributed by atoms with van der Waals surface area (Å²) in [4.78, 5) is 4.56. The van der Waals surface area contributed by atoms with Gasteiger partial charge in [-0.1, -0.05) is 41.9 Å². The third-order valence-corrected chi connectivity index (χ3v) is 3.74. The summed E-state index contributed by atoms with van der Waals surface area (Å²) in [6.45, 7) is 5.31. The number of aliphatic imine (C=N–C) groups is 1. The van der Waals surface area contributed by atoms with Gasteiger partial charge in [-0.3, -0.25) is 0 Å². The van der Waals surface area contributed by atoms with Crippen LogP contribution in [0, 0.1) is 0 Å². The van der Waals surface area contributed by atoms with Gasteiger partial charge in [-0.2, -0.15) is 0 Å². The predicted molar refractivity (Wildman–Crippen MR) is 95.9 cm³/mol. The molecule has 0 aliphatic carbocycles. The number of rotatable bonds is 5. The average Bonchev–Trinajstić information content (AvgIpc) is 2.53. The molecule has 0 heterocycles. The van der Waals surface area contributed by atoms with Crippen LogP contribution in [0.2, 0.25) is 5.02 Å². The van der Waals surface area contributed by atoms with E-state index in [4.69, 9.17) is 11.6 Å². The van der Waals surface area contributed by atoms with Crippen molar-refractivity contribution in [2.24, 2.45) is 4.99 Å². The van der Waals surface area contributed by atoms with Crippen molar-refractivity contribution in [3.63, 3.8) is 0 Å². The van der Waals surface area contributed by atoms with E-state index in [1.807, 2.05) is 50.2 Å². The molecule has 1 unspecified atom stereocenters. The first-order chi connectivity index (χ1) is 11.1. The maximum atomic E-state index is 9.51. The Morgan fingerprint density at radius 1 is 1.22 bits per heavy atom. The van der Waals surface area contributed by atoms with E-state index in [2.05, 4.69) is 15.6 Å². The molecule has 0 radical (unpaired) electrons. The molecule has 4 nitrogen and oxygen atoms in total. The van der Waals surface area contributed by atoms with E-state index in [0.717, 1.165) is 22.7 Å². The van der Waals surface area contributed by atoms with Crippen molar-refractivity contribution in [3.8, 4) is 5.75 Å². The van der Waals surface area contributed by atoms with Gasteiger partial charge in [0, 0.05) is 11.6 Å². The lowest BCUT2D eigenvalue weighted by Gasteiger charge is -2.19. The number of nitrogens with one attached hydrogen (secondary N) is 2. The largest absolute Gasteiger partial charge is 0.508 e. The number of hydrogen-bond donors (Lipinski definition) is 3. The minimum Gasteiger partial charge on any atom is -0.508 e. The molecule has 1 atom stereocenters. The third kappa shape index (κ3) is 5.18. The molecule has 2 aromatic carbocycles. The Morgan fingerprint density at radius 3 is 2.70 bits per heavy atom. The molecule has 23 heavy (non-hydrogen) atoms. The number of benzene rings is 2. The summed E-state index contributed by atoms with van der Waals surface area (Å²) in [6, 6.07) is 14.9. The lowest BCUT2D eigenvalue weighted by molar-refractivity contribution is 0.474. The van der Waals surface area contributed by atoms with Gasteiger partial charge >= 0.3 is 0 Å². The fraction of sp³-hybridized carbons (Fsp3) is 0.278. The zero-order valence-corrected chi connectivity index (χ0v) is 14.1. The molecular weight excluding hydrogens is 310 g/mol. The standard InChI is InChI=1S/C18H22ClN3O/c1-3-20-18(21-12-14-7-6-8-15(23)11-14)22-13(2)16-9-4-5-10-17(16)19/h4-11,13,23H,3,12H2,1-2H3,(H2,20,21,22). The molecule has 0 spiro atoms. The smallest absolute Gasteiger partial charge is 0.192 e. The van der Waals surface area contributed by atoms with E-state index in [1.165, 1.54) is 0 Å². The van der Waals surface area contributed by atoms with E-state index in [9.17, 15) is 5.11 Å². The minimum absolute atomic E-state index is 0.0330. The molecule has 0 aromatic heterocycles. The van der Waals surface area contributed by atoms with Crippen molar-refractivity contribution in [2.45, 2.75) is 26.4 Å². The average molecular weight is 332 g/mol. The zero-order valence-electron chi connectivity index (χ0n) is 13.4. The van der Waals surface area contributed by atoms with Gasteiger partial charge in [0.25, 0.3) is 0 Å². The highest BCUT2D eigenvalue weighted by molar-refractivity contribution is 6.31. The van der Waals surface area contributed by atoms with E-state index in [1.54, 1.807) is 12.1 Å². The number of aromatic hydroxyl groups is 1. The van der Waals surface area contributed by atoms with Crippen molar-refractivity contribution in [3.05, 3.63) is 64.7 Å². The van der Waals surface area contributed by atoms with Crippen LogP contribution in [0.1, 0.15) is 31.0 Å². The second kappa shape index (κ2) is 8.44. The molecule has 0 amide bonds. The Hall–Kier alpha value is -2.20. The molecule has 3 N–H and O–H groups in total. The van der Waals surface area contributed by atoms with Gasteiger partial charge in [0.1, 0.15) is 5.75 Å². The van der Waals surface area contributed by atoms with Crippen LogP contribution in [0.25, 0.3) is 0 Å². The molecule has 0 saturated heterocycles. The molecule has 2 rings (SSSR count). The number of phenolic OH excluding ortho intramolecular Hbond substituents is 1. The Bertz CT molecular complexity index is 673. The van der Waals surface area contributed by atoms with Crippen LogP contribution in [0.4, 0.5) is 0 Å². The van der Waals surface area contributed by atoms with Gasteiger partial charge < -0.3 is 15.7 Å². The van der Waals surface area contributed by atoms with Gasteiger partial charge in [-0.15, -0.1) is 0 Å². The minimum atomic E-state index is 0.0330. The maximum Gasteiger partial charge on any atom is 0.192 e. The quantitative estimate of drug-likeness (QED) is 0.576. The number of halogens is 1. The van der Waals surface area contributed by atoms with E-state index in [-0.39, 0.29) is 11.8 Å². The molecule has 0 aliphatic heterocycles. The maximum absolute atomic E-state index is 9.51. The highest BCUT2D eigenvalue weighted by Crippen LogP contribution is 2.22. The highest BCUT2D eigenvalue weighted by Gasteiger charge is 2.10. The van der Waals surface area contributed by atoms with E-state index < -0.39 is 0 Å². The second-order valence-corrected chi connectivity index (χ2v) is 5.66. The van der Waals surface area contributed by atoms with Gasteiger partial charge in [-0.05, 0) is 43.2 Å². The fourth-order valence-corrected chi connectivity index (χ4v) is 2.55. The Kier molecular flexibility index (Phi) is 6.29. The number of guanidine groups is 1. The van der Waals surface area contributed by atoms with Gasteiger partial charge in [0.05, 0.1) is 12.6 Å². The molecular formula is C18H22ClN3O.